The Hall–Kier alpha value is -2.02. The molecule has 0 saturated carbocycles. The predicted molar refractivity (Wildman–Crippen MR) is 60.2 cm³/mol. The molecule has 0 aromatic heterocycles. The van der Waals surface area contributed by atoms with Crippen molar-refractivity contribution in [1.82, 2.24) is 0 Å². The van der Waals surface area contributed by atoms with Crippen molar-refractivity contribution in [3.05, 3.63) is 29.3 Å². The maximum Gasteiger partial charge on any atom is 0.338 e. The normalized spacial score (nSPS) is 12.0. The summed E-state index contributed by atoms with van der Waals surface area (Å²) in [5.74, 6) is -4.37. The number of carboxylic acid groups (broad SMARTS) is 1. The lowest BCUT2D eigenvalue weighted by Crippen LogP contribution is -2.24. The van der Waals surface area contributed by atoms with E-state index in [4.69, 9.17) is 10.8 Å². The zero-order chi connectivity index (χ0) is 13.9. The van der Waals surface area contributed by atoms with Crippen molar-refractivity contribution < 1.29 is 23.5 Å². The van der Waals surface area contributed by atoms with Gasteiger partial charge in [-0.15, -0.1) is 0 Å². The average Bonchev–Trinajstić information content (AvgIpc) is 2.20. The Kier molecular flexibility index (Phi) is 4.33. The molecule has 98 valence electrons. The van der Waals surface area contributed by atoms with E-state index in [0.717, 1.165) is 6.07 Å². The molecule has 1 aromatic carbocycles. The van der Waals surface area contributed by atoms with E-state index in [9.17, 15) is 18.4 Å². The molecule has 0 spiro atoms. The van der Waals surface area contributed by atoms with Crippen molar-refractivity contribution >= 4 is 17.6 Å². The summed E-state index contributed by atoms with van der Waals surface area (Å²) in [6, 6.07) is 0.712. The maximum absolute atomic E-state index is 13.3. The topological polar surface area (TPSA) is 92.4 Å². The number of amides is 1. The number of aromatic carboxylic acids is 1. The highest BCUT2D eigenvalue weighted by Crippen LogP contribution is 2.19. The largest absolute Gasteiger partial charge is 0.478 e. The fourth-order valence-electron chi connectivity index (χ4n) is 1.30. The first-order valence-electron chi connectivity index (χ1n) is 5.09. The van der Waals surface area contributed by atoms with Gasteiger partial charge in [-0.05, 0) is 13.0 Å². The fraction of sp³-hybridized carbons (Fsp3) is 0.273. The summed E-state index contributed by atoms with van der Waals surface area (Å²) in [6.45, 7) is 1.59. The highest BCUT2D eigenvalue weighted by atomic mass is 19.1. The zero-order valence-electron chi connectivity index (χ0n) is 9.54. The Labute approximate surface area is 102 Å². The number of carbonyl (C=O) groups excluding carboxylic acids is 1. The molecule has 1 amide bonds. The number of nitrogens with two attached hydrogens (primary N) is 1. The van der Waals surface area contributed by atoms with Crippen molar-refractivity contribution in [2.75, 3.05) is 5.32 Å². The van der Waals surface area contributed by atoms with Gasteiger partial charge >= 0.3 is 5.97 Å². The lowest BCUT2D eigenvalue weighted by molar-refractivity contribution is -0.116. The van der Waals surface area contributed by atoms with Crippen LogP contribution in [0.1, 0.15) is 23.7 Å². The van der Waals surface area contributed by atoms with Crippen molar-refractivity contribution in [1.29, 1.82) is 0 Å². The minimum absolute atomic E-state index is 0.0563. The van der Waals surface area contributed by atoms with Crippen LogP contribution < -0.4 is 11.1 Å². The lowest BCUT2D eigenvalue weighted by atomic mass is 10.1. The molecule has 0 fully saturated rings. The molecule has 0 radical (unpaired) electrons. The number of carboxylic acids is 1. The van der Waals surface area contributed by atoms with Crippen LogP contribution in [0.3, 0.4) is 0 Å². The van der Waals surface area contributed by atoms with Crippen LogP contribution in [0.4, 0.5) is 14.5 Å². The van der Waals surface area contributed by atoms with E-state index in [0.29, 0.717) is 6.07 Å². The van der Waals surface area contributed by atoms with Crippen LogP contribution in [-0.4, -0.2) is 23.0 Å². The number of nitrogens with one attached hydrogen (secondary N) is 1. The van der Waals surface area contributed by atoms with Gasteiger partial charge in [-0.25, -0.2) is 13.6 Å². The van der Waals surface area contributed by atoms with Gasteiger partial charge in [-0.2, -0.15) is 0 Å². The number of halogens is 2. The molecule has 4 N–H and O–H groups in total. The van der Waals surface area contributed by atoms with Gasteiger partial charge in [-0.3, -0.25) is 4.79 Å². The van der Waals surface area contributed by atoms with Crippen LogP contribution in [0.25, 0.3) is 0 Å². The van der Waals surface area contributed by atoms with Crippen LogP contribution in [0, 0.1) is 11.6 Å². The van der Waals surface area contributed by atoms with Gasteiger partial charge in [0.2, 0.25) is 5.91 Å². The van der Waals surface area contributed by atoms with Gasteiger partial charge < -0.3 is 16.2 Å². The molecule has 5 nitrogen and oxygen atoms in total. The molecule has 1 rings (SSSR count). The highest BCUT2D eigenvalue weighted by Gasteiger charge is 2.16. The summed E-state index contributed by atoms with van der Waals surface area (Å²) in [5.41, 5.74) is 4.27. The summed E-state index contributed by atoms with van der Waals surface area (Å²) in [4.78, 5) is 22.0. The van der Waals surface area contributed by atoms with Gasteiger partial charge in [0, 0.05) is 18.5 Å². The molecular formula is C11H12F2N2O3. The Morgan fingerprint density at radius 1 is 1.39 bits per heavy atom. The van der Waals surface area contributed by atoms with E-state index < -0.39 is 35.1 Å². The van der Waals surface area contributed by atoms with Crippen molar-refractivity contribution in [3.8, 4) is 0 Å². The number of benzene rings is 1. The SMILES string of the molecule is CC(N)CC(=O)Nc1cc(C(=O)O)c(F)cc1F. The number of rotatable bonds is 4. The van der Waals surface area contributed by atoms with Crippen molar-refractivity contribution in [2.45, 2.75) is 19.4 Å². The third kappa shape index (κ3) is 3.49. The molecule has 18 heavy (non-hydrogen) atoms. The molecule has 1 aromatic rings. The Balaban J connectivity index is 2.99. The van der Waals surface area contributed by atoms with E-state index in [2.05, 4.69) is 5.32 Å². The zero-order valence-corrected chi connectivity index (χ0v) is 9.54. The predicted octanol–water partition coefficient (Wildman–Crippen LogP) is 1.34. The number of hydrogen-bond donors (Lipinski definition) is 3. The molecule has 1 unspecified atom stereocenters. The molecule has 0 aliphatic rings. The standard InChI is InChI=1S/C11H12F2N2O3/c1-5(14)2-10(16)15-9-3-6(11(17)18)7(12)4-8(9)13/h3-5H,2,14H2,1H3,(H,15,16)(H,17,18). The van der Waals surface area contributed by atoms with Crippen LogP contribution in [-0.2, 0) is 4.79 Å². The summed E-state index contributed by atoms with van der Waals surface area (Å²) < 4.78 is 26.4. The Morgan fingerprint density at radius 2 is 2.00 bits per heavy atom. The molecule has 1 atom stereocenters. The van der Waals surface area contributed by atoms with Gasteiger partial charge in [0.05, 0.1) is 11.3 Å². The monoisotopic (exact) mass is 258 g/mol. The summed E-state index contributed by atoms with van der Waals surface area (Å²) in [5, 5.41) is 10.8. The van der Waals surface area contributed by atoms with Crippen LogP contribution in [0.15, 0.2) is 12.1 Å². The lowest BCUT2D eigenvalue weighted by Gasteiger charge is -2.09. The van der Waals surface area contributed by atoms with E-state index in [1.54, 1.807) is 6.92 Å². The third-order valence-corrected chi connectivity index (χ3v) is 2.07. The molecule has 0 bridgehead atoms. The van der Waals surface area contributed by atoms with E-state index in [1.165, 1.54) is 0 Å². The first-order chi connectivity index (χ1) is 8.31. The number of hydrogen-bond acceptors (Lipinski definition) is 3. The Bertz CT molecular complexity index is 489. The van der Waals surface area contributed by atoms with E-state index in [1.807, 2.05) is 0 Å². The molecule has 0 aliphatic carbocycles. The second kappa shape index (κ2) is 5.54. The molecule has 0 aliphatic heterocycles. The minimum atomic E-state index is -1.55. The van der Waals surface area contributed by atoms with Gasteiger partial charge in [0.15, 0.2) is 0 Å². The van der Waals surface area contributed by atoms with Crippen molar-refractivity contribution in [2.24, 2.45) is 5.73 Å². The minimum Gasteiger partial charge on any atom is -0.478 e. The van der Waals surface area contributed by atoms with E-state index in [-0.39, 0.29) is 12.1 Å². The average molecular weight is 258 g/mol. The summed E-state index contributed by atoms with van der Waals surface area (Å²) in [6.07, 6.45) is -0.0563. The van der Waals surface area contributed by atoms with Crippen LogP contribution in [0.2, 0.25) is 0 Å². The van der Waals surface area contributed by atoms with Gasteiger partial charge in [0.25, 0.3) is 0 Å². The summed E-state index contributed by atoms with van der Waals surface area (Å²) in [7, 11) is 0. The molecule has 0 saturated heterocycles. The second-order valence-corrected chi connectivity index (χ2v) is 3.85. The first kappa shape index (κ1) is 14.0. The van der Waals surface area contributed by atoms with E-state index >= 15 is 0 Å². The maximum atomic E-state index is 13.3. The first-order valence-corrected chi connectivity index (χ1v) is 5.09. The summed E-state index contributed by atoms with van der Waals surface area (Å²) >= 11 is 0. The quantitative estimate of drug-likeness (QED) is 0.759. The number of carbonyl (C=O) groups is 2. The van der Waals surface area contributed by atoms with Gasteiger partial charge in [0.1, 0.15) is 11.6 Å². The third-order valence-electron chi connectivity index (χ3n) is 2.07. The smallest absolute Gasteiger partial charge is 0.338 e. The van der Waals surface area contributed by atoms with Crippen LogP contribution >= 0.6 is 0 Å². The fourth-order valence-corrected chi connectivity index (χ4v) is 1.30. The molecule has 0 heterocycles. The molecule has 7 heteroatoms. The van der Waals surface area contributed by atoms with Gasteiger partial charge in [-0.1, -0.05) is 0 Å². The second-order valence-electron chi connectivity index (χ2n) is 3.85. The Morgan fingerprint density at radius 3 is 2.50 bits per heavy atom. The number of anilines is 1. The highest BCUT2D eigenvalue weighted by molar-refractivity contribution is 5.94. The van der Waals surface area contributed by atoms with Crippen molar-refractivity contribution in [3.63, 3.8) is 0 Å². The van der Waals surface area contributed by atoms with Crippen LogP contribution in [0.5, 0.6) is 0 Å². The molecular weight excluding hydrogens is 246 g/mol.